The van der Waals surface area contributed by atoms with Crippen LogP contribution >= 0.6 is 0 Å². The fourth-order valence-corrected chi connectivity index (χ4v) is 0.988. The Kier molecular flexibility index (Phi) is 45.1. The van der Waals surface area contributed by atoms with Crippen LogP contribution in [0.1, 0.15) is 67.2 Å². The molecule has 0 aromatic carbocycles. The van der Waals surface area contributed by atoms with E-state index in [0.29, 0.717) is 13.2 Å². The minimum atomic E-state index is -0.565. The predicted molar refractivity (Wildman–Crippen MR) is 103 cm³/mol. The molecule has 8 nitrogen and oxygen atoms in total. The molecule has 0 saturated carbocycles. The maximum atomic E-state index is 10.4. The Morgan fingerprint density at radius 1 is 0.690 bits per heavy atom. The molecule has 0 aromatic rings. The molecule has 0 heterocycles. The van der Waals surface area contributed by atoms with E-state index in [-0.39, 0.29) is 46.5 Å². The van der Waals surface area contributed by atoms with E-state index < -0.39 is 11.9 Å². The van der Waals surface area contributed by atoms with Crippen molar-refractivity contribution in [1.29, 1.82) is 0 Å². The third-order valence-corrected chi connectivity index (χ3v) is 2.21. The van der Waals surface area contributed by atoms with Gasteiger partial charge in [-0.1, -0.05) is 39.5 Å². The second-order valence-electron chi connectivity index (χ2n) is 5.13. The van der Waals surface area contributed by atoms with Crippen molar-refractivity contribution in [2.75, 3.05) is 26.4 Å². The van der Waals surface area contributed by atoms with E-state index in [9.17, 15) is 29.4 Å². The standard InChI is InChI=1S/2C6H9O3.2C4H9O.Ti/c2*1-3-9-6(8)4-5(2)7;2*1-2-3-4-5;/h2*4H,3H2,1-2H3;2*2-4H2,1H3;/q4*-1;+4. The third kappa shape index (κ3) is 58.4. The van der Waals surface area contributed by atoms with Crippen LogP contribution in [-0.4, -0.2) is 49.9 Å². The Morgan fingerprint density at radius 3 is 1.07 bits per heavy atom. The molecule has 9 heteroatoms. The summed E-state index contributed by atoms with van der Waals surface area (Å²) in [6, 6.07) is 0. The summed E-state index contributed by atoms with van der Waals surface area (Å²) in [7, 11) is 0. The second kappa shape index (κ2) is 34.2. The molecule has 0 unspecified atom stereocenters. The van der Waals surface area contributed by atoms with Gasteiger partial charge in [-0.2, -0.15) is 0 Å². The van der Waals surface area contributed by atoms with Crippen LogP contribution in [0.5, 0.6) is 0 Å². The number of ether oxygens (including phenoxy) is 2. The van der Waals surface area contributed by atoms with E-state index in [4.69, 9.17) is 0 Å². The Bertz CT molecular complexity index is 347. The number of esters is 2. The SMILES string of the molecule is CCCC[O-].CCCC[O-].CCOC(=O)[CH-]C(C)=O.CCOC(=O)[CH-]C(C)=O.[Ti+4]. The smallest absolute Gasteiger partial charge is 0.854 e. The first-order valence-corrected chi connectivity index (χ1v) is 9.36. The van der Waals surface area contributed by atoms with Crippen LogP contribution < -0.4 is 10.2 Å². The quantitative estimate of drug-likeness (QED) is 0.207. The van der Waals surface area contributed by atoms with E-state index in [1.54, 1.807) is 13.8 Å². The van der Waals surface area contributed by atoms with Gasteiger partial charge in [-0.25, -0.2) is 12.8 Å². The first kappa shape index (κ1) is 38.3. The maximum Gasteiger partial charge on any atom is 4.00 e. The zero-order valence-electron chi connectivity index (χ0n) is 18.6. The van der Waals surface area contributed by atoms with Gasteiger partial charge in [-0.05, 0) is 27.7 Å². The molecule has 0 amide bonds. The van der Waals surface area contributed by atoms with Gasteiger partial charge >= 0.3 is 21.7 Å². The van der Waals surface area contributed by atoms with Crippen molar-refractivity contribution in [2.45, 2.75) is 67.2 Å². The average molecular weight is 452 g/mol. The molecule has 0 fully saturated rings. The van der Waals surface area contributed by atoms with Gasteiger partial charge in [-0.3, -0.25) is 9.59 Å². The molecule has 0 saturated heterocycles. The molecule has 168 valence electrons. The van der Waals surface area contributed by atoms with Crippen molar-refractivity contribution in [3.63, 3.8) is 0 Å². The number of rotatable bonds is 10. The maximum absolute atomic E-state index is 10.4. The van der Waals surface area contributed by atoms with Gasteiger partial charge in [-0.15, -0.1) is 13.2 Å². The molecule has 0 N–H and O–H groups in total. The van der Waals surface area contributed by atoms with E-state index in [1.807, 2.05) is 13.8 Å². The number of carbonyl (C=O) groups excluding carboxylic acids is 4. The van der Waals surface area contributed by atoms with Gasteiger partial charge in [0.05, 0.1) is 13.2 Å². The summed E-state index contributed by atoms with van der Waals surface area (Å²) < 4.78 is 8.87. The molecule has 29 heavy (non-hydrogen) atoms. The van der Waals surface area contributed by atoms with Crippen molar-refractivity contribution in [2.24, 2.45) is 0 Å². The molecule has 0 aromatic heterocycles. The number of carbonyl (C=O) groups is 4. The predicted octanol–water partition coefficient (Wildman–Crippen LogP) is 0.977. The van der Waals surface area contributed by atoms with E-state index in [2.05, 4.69) is 9.47 Å². The van der Waals surface area contributed by atoms with Crippen LogP contribution in [0.2, 0.25) is 0 Å². The summed E-state index contributed by atoms with van der Waals surface area (Å²) in [5.41, 5.74) is 0. The Hall–Kier alpha value is -1.35. The zero-order valence-corrected chi connectivity index (χ0v) is 20.1. The number of hydrogen-bond acceptors (Lipinski definition) is 8. The minimum Gasteiger partial charge on any atom is -0.854 e. The number of Topliss-reactive ketones (excluding diaryl/α,β-unsaturated/α-hetero) is 2. The molecule has 0 atom stereocenters. The molecule has 0 aliphatic heterocycles. The molecule has 0 radical (unpaired) electrons. The summed E-state index contributed by atoms with van der Waals surface area (Å²) in [6.45, 7) is 10.8. The van der Waals surface area contributed by atoms with Crippen molar-refractivity contribution < 1.29 is 60.6 Å². The monoisotopic (exact) mass is 452 g/mol. The summed E-state index contributed by atoms with van der Waals surface area (Å²) in [5, 5.41) is 19.1. The molecular weight excluding hydrogens is 416 g/mol. The molecule has 0 aliphatic rings. The van der Waals surface area contributed by atoms with Crippen LogP contribution in [-0.2, 0) is 50.4 Å². The van der Waals surface area contributed by atoms with Crippen LogP contribution in [0.4, 0.5) is 0 Å². The van der Waals surface area contributed by atoms with Crippen LogP contribution in [0.3, 0.4) is 0 Å². The Morgan fingerprint density at radius 2 is 0.966 bits per heavy atom. The summed E-state index contributed by atoms with van der Waals surface area (Å²) in [4.78, 5) is 41.1. The van der Waals surface area contributed by atoms with Gasteiger partial charge in [0.2, 0.25) is 0 Å². The molecule has 0 bridgehead atoms. The van der Waals surface area contributed by atoms with E-state index in [1.165, 1.54) is 13.8 Å². The van der Waals surface area contributed by atoms with Crippen LogP contribution in [0, 0.1) is 12.8 Å². The largest absolute Gasteiger partial charge is 4.00 e. The van der Waals surface area contributed by atoms with Crippen molar-refractivity contribution in [1.82, 2.24) is 0 Å². The molecule has 0 aliphatic carbocycles. The Balaban J connectivity index is -0.0000000907. The normalized spacial score (nSPS) is 8.00. The topological polar surface area (TPSA) is 133 Å². The summed E-state index contributed by atoms with van der Waals surface area (Å²) >= 11 is 0. The molecular formula is C20H36O8Ti. The number of hydrogen-bond donors (Lipinski definition) is 0. The molecule has 0 rings (SSSR count). The van der Waals surface area contributed by atoms with Gasteiger partial charge in [0, 0.05) is 11.6 Å². The van der Waals surface area contributed by atoms with E-state index in [0.717, 1.165) is 38.5 Å². The van der Waals surface area contributed by atoms with Gasteiger partial charge in [0.1, 0.15) is 0 Å². The van der Waals surface area contributed by atoms with E-state index >= 15 is 0 Å². The zero-order chi connectivity index (χ0) is 22.8. The first-order valence-electron chi connectivity index (χ1n) is 9.36. The average Bonchev–Trinajstić information content (AvgIpc) is 2.57. The summed E-state index contributed by atoms with van der Waals surface area (Å²) in [5.74, 6) is -1.70. The second-order valence-corrected chi connectivity index (χ2v) is 5.13. The van der Waals surface area contributed by atoms with Crippen molar-refractivity contribution in [3.05, 3.63) is 12.8 Å². The number of unbranched alkanes of at least 4 members (excludes halogenated alkanes) is 2. The fraction of sp³-hybridized carbons (Fsp3) is 0.700. The first-order chi connectivity index (χ1) is 13.2. The van der Waals surface area contributed by atoms with Crippen LogP contribution in [0.15, 0.2) is 0 Å². The number of ketones is 2. The summed E-state index contributed by atoms with van der Waals surface area (Å²) in [6.07, 6.45) is 5.57. The van der Waals surface area contributed by atoms with Crippen LogP contribution in [0.25, 0.3) is 0 Å². The molecule has 0 spiro atoms. The minimum absolute atomic E-state index is 0. The third-order valence-electron chi connectivity index (χ3n) is 2.21. The van der Waals surface area contributed by atoms with Crippen molar-refractivity contribution >= 4 is 23.5 Å². The van der Waals surface area contributed by atoms with Gasteiger partial charge < -0.3 is 29.3 Å². The fourth-order valence-electron chi connectivity index (χ4n) is 0.988. The van der Waals surface area contributed by atoms with Gasteiger partial charge in [0.25, 0.3) is 0 Å². The Labute approximate surface area is 190 Å². The van der Waals surface area contributed by atoms with Crippen molar-refractivity contribution in [3.8, 4) is 0 Å². The van der Waals surface area contributed by atoms with Gasteiger partial charge in [0.15, 0.2) is 11.9 Å².